The summed E-state index contributed by atoms with van der Waals surface area (Å²) in [4.78, 5) is 24.2. The first-order chi connectivity index (χ1) is 12.1. The lowest BCUT2D eigenvalue weighted by Crippen LogP contribution is -2.32. The molecule has 130 valence electrons. The number of hydrogen-bond donors (Lipinski definition) is 4. The minimum atomic E-state index is -0.458. The van der Waals surface area contributed by atoms with Crippen LogP contribution in [0.3, 0.4) is 0 Å². The van der Waals surface area contributed by atoms with E-state index in [-0.39, 0.29) is 23.3 Å². The van der Waals surface area contributed by atoms with Crippen molar-refractivity contribution >= 4 is 17.5 Å². The Bertz CT molecular complexity index is 775. The molecule has 0 spiro atoms. The molecule has 7 heteroatoms. The molecule has 2 aromatic rings. The highest BCUT2D eigenvalue weighted by molar-refractivity contribution is 6.04. The molecular formula is C18H19FN4O2. The van der Waals surface area contributed by atoms with Crippen molar-refractivity contribution in [3.63, 3.8) is 0 Å². The number of carbonyl (C=O) groups is 2. The Morgan fingerprint density at radius 3 is 2.60 bits per heavy atom. The van der Waals surface area contributed by atoms with Gasteiger partial charge < -0.3 is 10.6 Å². The van der Waals surface area contributed by atoms with Gasteiger partial charge in [0.15, 0.2) is 0 Å². The first-order valence-electron chi connectivity index (χ1n) is 8.01. The second-order valence-electron chi connectivity index (χ2n) is 5.84. The summed E-state index contributed by atoms with van der Waals surface area (Å²) >= 11 is 0. The molecule has 0 radical (unpaired) electrons. The van der Waals surface area contributed by atoms with E-state index in [4.69, 9.17) is 0 Å². The van der Waals surface area contributed by atoms with Crippen LogP contribution >= 0.6 is 0 Å². The highest BCUT2D eigenvalue weighted by Gasteiger charge is 2.21. The summed E-state index contributed by atoms with van der Waals surface area (Å²) in [7, 11) is 0. The van der Waals surface area contributed by atoms with Gasteiger partial charge >= 0.3 is 0 Å². The SMILES string of the molecule is O=C(Nc1cccc(CNC(=O)C2CNNC2)c1)c1cccc(F)c1. The molecule has 1 fully saturated rings. The molecule has 1 heterocycles. The smallest absolute Gasteiger partial charge is 0.255 e. The molecule has 2 amide bonds. The lowest BCUT2D eigenvalue weighted by Gasteiger charge is -2.11. The Labute approximate surface area is 144 Å². The van der Waals surface area contributed by atoms with E-state index in [0.717, 1.165) is 5.56 Å². The lowest BCUT2D eigenvalue weighted by molar-refractivity contribution is -0.124. The summed E-state index contributed by atoms with van der Waals surface area (Å²) in [6, 6.07) is 12.7. The van der Waals surface area contributed by atoms with Gasteiger partial charge in [0.1, 0.15) is 5.82 Å². The van der Waals surface area contributed by atoms with Gasteiger partial charge in [-0.15, -0.1) is 0 Å². The number of anilines is 1. The van der Waals surface area contributed by atoms with Gasteiger partial charge in [0.2, 0.25) is 5.91 Å². The van der Waals surface area contributed by atoms with E-state index >= 15 is 0 Å². The molecule has 25 heavy (non-hydrogen) atoms. The third-order valence-corrected chi connectivity index (χ3v) is 3.93. The first kappa shape index (κ1) is 17.1. The maximum atomic E-state index is 13.2. The second-order valence-corrected chi connectivity index (χ2v) is 5.84. The van der Waals surface area contributed by atoms with Crippen LogP contribution in [0, 0.1) is 11.7 Å². The summed E-state index contributed by atoms with van der Waals surface area (Å²) in [6.45, 7) is 1.59. The zero-order valence-corrected chi connectivity index (χ0v) is 13.5. The van der Waals surface area contributed by atoms with E-state index < -0.39 is 5.82 Å². The van der Waals surface area contributed by atoms with E-state index in [1.165, 1.54) is 18.2 Å². The topological polar surface area (TPSA) is 82.3 Å². The predicted octanol–water partition coefficient (Wildman–Crippen LogP) is 1.42. The van der Waals surface area contributed by atoms with Crippen LogP contribution in [0.15, 0.2) is 48.5 Å². The molecule has 0 atom stereocenters. The molecule has 0 saturated carbocycles. The Kier molecular flexibility index (Phi) is 5.37. The molecule has 2 aromatic carbocycles. The minimum Gasteiger partial charge on any atom is -0.352 e. The van der Waals surface area contributed by atoms with Crippen molar-refractivity contribution in [1.82, 2.24) is 16.2 Å². The fourth-order valence-electron chi connectivity index (χ4n) is 2.57. The summed E-state index contributed by atoms with van der Waals surface area (Å²) < 4.78 is 13.2. The van der Waals surface area contributed by atoms with Crippen molar-refractivity contribution in [2.75, 3.05) is 18.4 Å². The molecule has 3 rings (SSSR count). The van der Waals surface area contributed by atoms with Crippen LogP contribution in [0.4, 0.5) is 10.1 Å². The van der Waals surface area contributed by atoms with Crippen LogP contribution in [-0.2, 0) is 11.3 Å². The van der Waals surface area contributed by atoms with Gasteiger partial charge in [-0.1, -0.05) is 18.2 Å². The number of hydrazine groups is 1. The van der Waals surface area contributed by atoms with E-state index in [0.29, 0.717) is 25.3 Å². The van der Waals surface area contributed by atoms with Crippen molar-refractivity contribution in [3.05, 3.63) is 65.5 Å². The summed E-state index contributed by atoms with van der Waals surface area (Å²) in [5.74, 6) is -0.952. The maximum absolute atomic E-state index is 13.2. The monoisotopic (exact) mass is 342 g/mol. The van der Waals surface area contributed by atoms with Crippen LogP contribution in [0.1, 0.15) is 15.9 Å². The first-order valence-corrected chi connectivity index (χ1v) is 8.01. The van der Waals surface area contributed by atoms with Gasteiger partial charge in [-0.25, -0.2) is 4.39 Å². The molecule has 4 N–H and O–H groups in total. The second kappa shape index (κ2) is 7.87. The van der Waals surface area contributed by atoms with Crippen LogP contribution in [0.5, 0.6) is 0 Å². The zero-order chi connectivity index (χ0) is 17.6. The number of halogens is 1. The predicted molar refractivity (Wildman–Crippen MR) is 92.1 cm³/mol. The number of carbonyl (C=O) groups excluding carboxylic acids is 2. The third kappa shape index (κ3) is 4.62. The van der Waals surface area contributed by atoms with Crippen molar-refractivity contribution in [1.29, 1.82) is 0 Å². The van der Waals surface area contributed by atoms with Crippen molar-refractivity contribution in [2.45, 2.75) is 6.54 Å². The molecule has 1 saturated heterocycles. The van der Waals surface area contributed by atoms with Crippen molar-refractivity contribution in [3.8, 4) is 0 Å². The molecule has 0 aromatic heterocycles. The number of rotatable bonds is 5. The zero-order valence-electron chi connectivity index (χ0n) is 13.5. The molecule has 0 aliphatic carbocycles. The van der Waals surface area contributed by atoms with Gasteiger partial charge in [-0.3, -0.25) is 20.4 Å². The van der Waals surface area contributed by atoms with Gasteiger partial charge in [-0.2, -0.15) is 0 Å². The van der Waals surface area contributed by atoms with Gasteiger partial charge in [0.25, 0.3) is 5.91 Å². The third-order valence-electron chi connectivity index (χ3n) is 3.93. The molecular weight excluding hydrogens is 323 g/mol. The van der Waals surface area contributed by atoms with Crippen LogP contribution in [-0.4, -0.2) is 24.9 Å². The van der Waals surface area contributed by atoms with E-state index in [1.54, 1.807) is 24.3 Å². The van der Waals surface area contributed by atoms with Crippen LogP contribution in [0.25, 0.3) is 0 Å². The fraction of sp³-hybridized carbons (Fsp3) is 0.222. The number of nitrogens with one attached hydrogen (secondary N) is 4. The standard InChI is InChI=1S/C18H19FN4O2/c19-15-5-2-4-13(8-15)18(25)23-16-6-1-3-12(7-16)9-20-17(24)14-10-21-22-11-14/h1-8,14,21-22H,9-11H2,(H,20,24)(H,23,25). The van der Waals surface area contributed by atoms with Crippen LogP contribution in [0.2, 0.25) is 0 Å². The average molecular weight is 342 g/mol. The highest BCUT2D eigenvalue weighted by Crippen LogP contribution is 2.13. The summed E-state index contributed by atoms with van der Waals surface area (Å²) in [5.41, 5.74) is 7.54. The van der Waals surface area contributed by atoms with Gasteiger partial charge in [-0.05, 0) is 35.9 Å². The Hall–Kier alpha value is -2.77. The molecule has 0 unspecified atom stereocenters. The Balaban J connectivity index is 1.59. The lowest BCUT2D eigenvalue weighted by atomic mass is 10.1. The van der Waals surface area contributed by atoms with Gasteiger partial charge in [0.05, 0.1) is 5.92 Å². The molecule has 1 aliphatic heterocycles. The van der Waals surface area contributed by atoms with Gasteiger partial charge in [0, 0.05) is 30.9 Å². The fourth-order valence-corrected chi connectivity index (χ4v) is 2.57. The highest BCUT2D eigenvalue weighted by atomic mass is 19.1. The van der Waals surface area contributed by atoms with Crippen molar-refractivity contribution in [2.24, 2.45) is 5.92 Å². The Morgan fingerprint density at radius 2 is 1.84 bits per heavy atom. The van der Waals surface area contributed by atoms with E-state index in [9.17, 15) is 14.0 Å². The maximum Gasteiger partial charge on any atom is 0.255 e. The largest absolute Gasteiger partial charge is 0.352 e. The molecule has 6 nitrogen and oxygen atoms in total. The number of amides is 2. The minimum absolute atomic E-state index is 0.0216. The summed E-state index contributed by atoms with van der Waals surface area (Å²) in [6.07, 6.45) is 0. The summed E-state index contributed by atoms with van der Waals surface area (Å²) in [5, 5.41) is 5.61. The number of hydrogen-bond acceptors (Lipinski definition) is 4. The molecule has 0 bridgehead atoms. The molecule has 1 aliphatic rings. The average Bonchev–Trinajstić information content (AvgIpc) is 3.15. The van der Waals surface area contributed by atoms with E-state index in [2.05, 4.69) is 21.5 Å². The Morgan fingerprint density at radius 1 is 1.08 bits per heavy atom. The van der Waals surface area contributed by atoms with Crippen molar-refractivity contribution < 1.29 is 14.0 Å². The van der Waals surface area contributed by atoms with E-state index in [1.807, 2.05) is 6.07 Å². The normalized spacial score (nSPS) is 14.3. The van der Waals surface area contributed by atoms with Crippen LogP contribution < -0.4 is 21.5 Å². The number of benzene rings is 2. The quantitative estimate of drug-likeness (QED) is 0.662.